The van der Waals surface area contributed by atoms with Gasteiger partial charge in [0.1, 0.15) is 18.1 Å². The van der Waals surface area contributed by atoms with Crippen molar-refractivity contribution < 1.29 is 18.7 Å². The molecule has 3 aromatic rings. The molecule has 1 aromatic heterocycles. The van der Waals surface area contributed by atoms with Gasteiger partial charge in [0.15, 0.2) is 5.76 Å². The van der Waals surface area contributed by atoms with Gasteiger partial charge in [0.05, 0.1) is 0 Å². The molecule has 0 radical (unpaired) electrons. The Bertz CT molecular complexity index is 929. The quantitative estimate of drug-likeness (QED) is 0.525. The van der Waals surface area contributed by atoms with Gasteiger partial charge in [-0.2, -0.15) is 0 Å². The number of amides is 1. The molecule has 1 saturated carbocycles. The van der Waals surface area contributed by atoms with E-state index < -0.39 is 0 Å². The molecule has 0 spiro atoms. The van der Waals surface area contributed by atoms with Gasteiger partial charge >= 0.3 is 0 Å². The Hall–Kier alpha value is -2.79. The Balaban J connectivity index is 1.21. The van der Waals surface area contributed by atoms with Gasteiger partial charge in [-0.15, -0.1) is 0 Å². The number of rotatable bonds is 10. The van der Waals surface area contributed by atoms with Gasteiger partial charge in [-0.25, -0.2) is 0 Å². The molecule has 2 aromatic carbocycles. The maximum atomic E-state index is 12.1. The van der Waals surface area contributed by atoms with E-state index in [9.17, 15) is 4.79 Å². The highest BCUT2D eigenvalue weighted by Crippen LogP contribution is 2.28. The van der Waals surface area contributed by atoms with Gasteiger partial charge in [0, 0.05) is 19.8 Å². The molecule has 28 heavy (non-hydrogen) atoms. The van der Waals surface area contributed by atoms with E-state index in [-0.39, 0.29) is 12.5 Å². The number of carbonyl (C=O) groups excluding carboxylic acids is 1. The maximum Gasteiger partial charge on any atom is 0.286 e. The lowest BCUT2D eigenvalue weighted by Gasteiger charge is -2.06. The molecular weight excluding hydrogens is 354 g/mol. The molecule has 146 valence electrons. The first-order valence-corrected chi connectivity index (χ1v) is 9.84. The normalized spacial score (nSPS) is 13.6. The largest absolute Gasteiger partial charge is 0.486 e. The highest BCUT2D eigenvalue weighted by Gasteiger charge is 2.20. The van der Waals surface area contributed by atoms with E-state index in [0.29, 0.717) is 24.7 Å². The Labute approximate surface area is 164 Å². The molecule has 1 N–H and O–H groups in total. The molecule has 5 nitrogen and oxygen atoms in total. The predicted molar refractivity (Wildman–Crippen MR) is 107 cm³/mol. The molecule has 1 fully saturated rings. The molecule has 0 unspecified atom stereocenters. The van der Waals surface area contributed by atoms with Crippen molar-refractivity contribution in [2.75, 3.05) is 19.8 Å². The van der Waals surface area contributed by atoms with E-state index in [1.54, 1.807) is 12.1 Å². The van der Waals surface area contributed by atoms with Crippen molar-refractivity contribution in [3.8, 4) is 5.75 Å². The third-order valence-corrected chi connectivity index (χ3v) is 4.79. The summed E-state index contributed by atoms with van der Waals surface area (Å²) in [7, 11) is 0. The molecule has 4 rings (SSSR count). The van der Waals surface area contributed by atoms with Crippen molar-refractivity contribution >= 4 is 16.7 Å². The van der Waals surface area contributed by atoms with Crippen LogP contribution < -0.4 is 10.1 Å². The van der Waals surface area contributed by atoms with Crippen molar-refractivity contribution in [2.24, 2.45) is 5.92 Å². The van der Waals surface area contributed by atoms with Crippen LogP contribution in [0.25, 0.3) is 10.8 Å². The van der Waals surface area contributed by atoms with Gasteiger partial charge in [0.2, 0.25) is 0 Å². The van der Waals surface area contributed by atoms with Crippen LogP contribution in [-0.2, 0) is 11.3 Å². The van der Waals surface area contributed by atoms with Crippen LogP contribution in [0.2, 0.25) is 0 Å². The molecule has 0 aliphatic heterocycles. The van der Waals surface area contributed by atoms with Crippen LogP contribution in [0.4, 0.5) is 0 Å². The molecule has 5 heteroatoms. The van der Waals surface area contributed by atoms with Crippen LogP contribution in [0.15, 0.2) is 59.0 Å². The number of carbonyl (C=O) groups is 1. The first kappa shape index (κ1) is 18.6. The number of hydrogen-bond donors (Lipinski definition) is 1. The van der Waals surface area contributed by atoms with Crippen LogP contribution in [0.3, 0.4) is 0 Å². The molecule has 1 heterocycles. The summed E-state index contributed by atoms with van der Waals surface area (Å²) in [6, 6.07) is 17.5. The zero-order chi connectivity index (χ0) is 19.2. The first-order valence-electron chi connectivity index (χ1n) is 9.84. The predicted octanol–water partition coefficient (Wildman–Crippen LogP) is 4.56. The summed E-state index contributed by atoms with van der Waals surface area (Å²) in [5.41, 5.74) is 0. The highest BCUT2D eigenvalue weighted by atomic mass is 16.5. The Kier molecular flexibility index (Phi) is 5.92. The average Bonchev–Trinajstić information content (AvgIpc) is 3.43. The minimum Gasteiger partial charge on any atom is -0.486 e. The monoisotopic (exact) mass is 379 g/mol. The first-order chi connectivity index (χ1) is 13.8. The van der Waals surface area contributed by atoms with Crippen LogP contribution in [0.1, 0.15) is 35.6 Å². The molecular formula is C23H25NO4. The lowest BCUT2D eigenvalue weighted by molar-refractivity contribution is 0.0907. The Morgan fingerprint density at radius 3 is 2.79 bits per heavy atom. The Morgan fingerprint density at radius 1 is 1.07 bits per heavy atom. The number of nitrogens with one attached hydrogen (secondary N) is 1. The number of furan rings is 1. The van der Waals surface area contributed by atoms with Crippen LogP contribution in [0.5, 0.6) is 5.75 Å². The van der Waals surface area contributed by atoms with Crippen molar-refractivity contribution in [1.82, 2.24) is 5.32 Å². The van der Waals surface area contributed by atoms with Gasteiger partial charge < -0.3 is 19.2 Å². The summed E-state index contributed by atoms with van der Waals surface area (Å²) in [5, 5.41) is 5.15. The molecule has 0 saturated heterocycles. The fourth-order valence-electron chi connectivity index (χ4n) is 2.99. The maximum absolute atomic E-state index is 12.1. The van der Waals surface area contributed by atoms with Gasteiger partial charge in [-0.05, 0) is 60.2 Å². The number of fused-ring (bicyclic) bond motifs is 1. The average molecular weight is 379 g/mol. The third kappa shape index (κ3) is 5.14. The molecule has 1 aliphatic carbocycles. The minimum absolute atomic E-state index is 0.209. The van der Waals surface area contributed by atoms with Gasteiger partial charge in [0.25, 0.3) is 5.91 Å². The fraction of sp³-hybridized carbons (Fsp3) is 0.348. The minimum atomic E-state index is -0.209. The van der Waals surface area contributed by atoms with Crippen molar-refractivity contribution in [3.63, 3.8) is 0 Å². The second-order valence-electron chi connectivity index (χ2n) is 7.19. The lowest BCUT2D eigenvalue weighted by Crippen LogP contribution is -2.24. The summed E-state index contributed by atoms with van der Waals surface area (Å²) in [6.45, 7) is 2.39. The van der Waals surface area contributed by atoms with E-state index in [0.717, 1.165) is 30.1 Å². The zero-order valence-corrected chi connectivity index (χ0v) is 15.9. The van der Waals surface area contributed by atoms with Crippen LogP contribution in [0, 0.1) is 5.92 Å². The van der Waals surface area contributed by atoms with E-state index >= 15 is 0 Å². The molecule has 1 aliphatic rings. The number of hydrogen-bond acceptors (Lipinski definition) is 4. The summed E-state index contributed by atoms with van der Waals surface area (Å²) in [4.78, 5) is 12.1. The topological polar surface area (TPSA) is 60.7 Å². The van der Waals surface area contributed by atoms with Crippen LogP contribution >= 0.6 is 0 Å². The van der Waals surface area contributed by atoms with Crippen molar-refractivity contribution in [3.05, 3.63) is 66.1 Å². The fourth-order valence-corrected chi connectivity index (χ4v) is 2.99. The van der Waals surface area contributed by atoms with E-state index in [4.69, 9.17) is 13.9 Å². The zero-order valence-electron chi connectivity index (χ0n) is 15.9. The molecule has 0 atom stereocenters. The highest BCUT2D eigenvalue weighted by molar-refractivity contribution is 5.91. The van der Waals surface area contributed by atoms with E-state index in [1.807, 2.05) is 30.3 Å². The van der Waals surface area contributed by atoms with E-state index in [1.165, 1.54) is 18.2 Å². The summed E-state index contributed by atoms with van der Waals surface area (Å²) in [5.74, 6) is 2.25. The van der Waals surface area contributed by atoms with Crippen molar-refractivity contribution in [1.29, 1.82) is 0 Å². The lowest BCUT2D eigenvalue weighted by atomic mass is 10.1. The van der Waals surface area contributed by atoms with Gasteiger partial charge in [-0.3, -0.25) is 4.79 Å². The summed E-state index contributed by atoms with van der Waals surface area (Å²) < 4.78 is 17.0. The third-order valence-electron chi connectivity index (χ3n) is 4.79. The SMILES string of the molecule is O=C(NCCCOCC1CC1)c1ccc(COc2ccc3ccccc3c2)o1. The molecule has 1 amide bonds. The summed E-state index contributed by atoms with van der Waals surface area (Å²) >= 11 is 0. The van der Waals surface area contributed by atoms with Crippen molar-refractivity contribution in [2.45, 2.75) is 25.9 Å². The van der Waals surface area contributed by atoms with E-state index in [2.05, 4.69) is 17.4 Å². The van der Waals surface area contributed by atoms with Gasteiger partial charge in [-0.1, -0.05) is 30.3 Å². The second-order valence-corrected chi connectivity index (χ2v) is 7.19. The summed E-state index contributed by atoms with van der Waals surface area (Å²) in [6.07, 6.45) is 3.39. The Morgan fingerprint density at radius 2 is 1.93 bits per heavy atom. The van der Waals surface area contributed by atoms with Crippen LogP contribution in [-0.4, -0.2) is 25.7 Å². The standard InChI is InChI=1S/C23H25NO4/c25-23(24-12-3-13-26-15-17-6-7-17)22-11-10-21(28-22)16-27-20-9-8-18-4-1-2-5-19(18)14-20/h1-2,4-5,8-11,14,17H,3,6-7,12-13,15-16H2,(H,24,25). The molecule has 0 bridgehead atoms. The second kappa shape index (κ2) is 8.93. The number of ether oxygens (including phenoxy) is 2. The smallest absolute Gasteiger partial charge is 0.286 e. The number of benzene rings is 2.